The van der Waals surface area contributed by atoms with Crippen molar-refractivity contribution < 1.29 is 28.8 Å². The lowest BCUT2D eigenvalue weighted by molar-refractivity contribution is -0.130. The van der Waals surface area contributed by atoms with Crippen LogP contribution < -0.4 is 25.1 Å². The number of carbonyl (C=O) groups excluding carboxylic acids is 1. The lowest BCUT2D eigenvalue weighted by Crippen LogP contribution is -2.54. The SMILES string of the molecule is COc1ccc(OC)c(CCNNC(=O)[C@@]2(Cc3ccccc3Br)N=C(c3ccc(OCCCO)cc3)O[C@H]2c2ccccc2CN=[N+]=[N-])c1. The largest absolute Gasteiger partial charge is 0.497 e. The van der Waals surface area contributed by atoms with E-state index in [4.69, 9.17) is 34.6 Å². The molecule has 0 bridgehead atoms. The average Bonchev–Trinajstić information content (AvgIpc) is 3.54. The molecule has 50 heavy (non-hydrogen) atoms. The minimum Gasteiger partial charge on any atom is -0.497 e. The van der Waals surface area contributed by atoms with E-state index in [9.17, 15) is 4.79 Å². The number of methoxy groups -OCH3 is 2. The fraction of sp³-hybridized carbons (Fsp3) is 0.297. The number of aliphatic hydroxyl groups is 1. The molecule has 3 N–H and O–H groups in total. The first kappa shape index (κ1) is 36.2. The number of halogens is 1. The first-order chi connectivity index (χ1) is 24.4. The molecule has 0 unspecified atom stereocenters. The second kappa shape index (κ2) is 17.5. The van der Waals surface area contributed by atoms with E-state index in [2.05, 4.69) is 36.8 Å². The Morgan fingerprint density at radius 1 is 1.00 bits per heavy atom. The minimum atomic E-state index is -1.50. The molecular weight excluding hydrogens is 704 g/mol. The number of hydrazine groups is 1. The molecule has 0 aliphatic carbocycles. The van der Waals surface area contributed by atoms with Crippen molar-refractivity contribution >= 4 is 27.7 Å². The fourth-order valence-electron chi connectivity index (χ4n) is 5.76. The first-order valence-corrected chi connectivity index (χ1v) is 16.9. The molecule has 1 aliphatic rings. The van der Waals surface area contributed by atoms with Gasteiger partial charge in [-0.3, -0.25) is 10.2 Å². The second-order valence-electron chi connectivity index (χ2n) is 11.5. The van der Waals surface area contributed by atoms with Gasteiger partial charge in [0.05, 0.1) is 27.4 Å². The summed E-state index contributed by atoms with van der Waals surface area (Å²) in [5, 5.41) is 12.9. The maximum atomic E-state index is 14.7. The Balaban J connectivity index is 1.52. The van der Waals surface area contributed by atoms with Crippen molar-refractivity contribution in [3.63, 3.8) is 0 Å². The van der Waals surface area contributed by atoms with Crippen molar-refractivity contribution in [3.05, 3.63) is 134 Å². The van der Waals surface area contributed by atoms with E-state index >= 15 is 0 Å². The molecule has 1 aliphatic heterocycles. The number of nitrogens with one attached hydrogen (secondary N) is 2. The summed E-state index contributed by atoms with van der Waals surface area (Å²) >= 11 is 3.67. The number of hydrogen-bond acceptors (Lipinski definition) is 9. The van der Waals surface area contributed by atoms with Crippen LogP contribution in [-0.4, -0.2) is 56.4 Å². The van der Waals surface area contributed by atoms with Gasteiger partial charge in [-0.1, -0.05) is 63.5 Å². The topological polar surface area (TPSA) is 159 Å². The molecule has 2 atom stereocenters. The molecule has 0 saturated heterocycles. The molecule has 1 amide bonds. The number of aliphatic imine (C=N–C) groups is 1. The maximum absolute atomic E-state index is 14.7. The third-order valence-electron chi connectivity index (χ3n) is 8.30. The van der Waals surface area contributed by atoms with Crippen LogP contribution in [0, 0.1) is 0 Å². The lowest BCUT2D eigenvalue weighted by Gasteiger charge is -2.32. The smallest absolute Gasteiger partial charge is 0.266 e. The molecule has 0 aromatic heterocycles. The Morgan fingerprint density at radius 3 is 2.46 bits per heavy atom. The maximum Gasteiger partial charge on any atom is 0.266 e. The number of carbonyl (C=O) groups is 1. The van der Waals surface area contributed by atoms with Gasteiger partial charge in [0, 0.05) is 40.9 Å². The van der Waals surface area contributed by atoms with Crippen LogP contribution in [0.3, 0.4) is 0 Å². The van der Waals surface area contributed by atoms with E-state index < -0.39 is 17.6 Å². The zero-order chi connectivity index (χ0) is 35.3. The summed E-state index contributed by atoms with van der Waals surface area (Å²) in [5.41, 5.74) is 17.5. The highest BCUT2D eigenvalue weighted by Crippen LogP contribution is 2.44. The summed E-state index contributed by atoms with van der Waals surface area (Å²) in [6, 6.07) is 27.9. The van der Waals surface area contributed by atoms with E-state index in [-0.39, 0.29) is 25.5 Å². The fourth-order valence-corrected chi connectivity index (χ4v) is 6.18. The van der Waals surface area contributed by atoms with Crippen LogP contribution in [0.25, 0.3) is 10.4 Å². The predicted molar refractivity (Wildman–Crippen MR) is 193 cm³/mol. The molecule has 13 heteroatoms. The van der Waals surface area contributed by atoms with Gasteiger partial charge >= 0.3 is 0 Å². The number of aliphatic hydroxyl groups excluding tert-OH is 1. The van der Waals surface area contributed by atoms with E-state index in [1.807, 2.05) is 78.9 Å². The summed E-state index contributed by atoms with van der Waals surface area (Å²) in [6.45, 7) is 0.865. The normalized spacial score (nSPS) is 16.5. The first-order valence-electron chi connectivity index (χ1n) is 16.1. The van der Waals surface area contributed by atoms with Gasteiger partial charge in [-0.25, -0.2) is 10.4 Å². The zero-order valence-corrected chi connectivity index (χ0v) is 29.4. The highest BCUT2D eigenvalue weighted by Gasteiger charge is 2.54. The summed E-state index contributed by atoms with van der Waals surface area (Å²) in [5.74, 6) is 1.91. The summed E-state index contributed by atoms with van der Waals surface area (Å²) < 4.78 is 24.1. The summed E-state index contributed by atoms with van der Waals surface area (Å²) in [6.07, 6.45) is 0.337. The van der Waals surface area contributed by atoms with E-state index in [0.29, 0.717) is 59.9 Å². The minimum absolute atomic E-state index is 0.0387. The standard InChI is InChI=1S/C37H39BrN6O6/c1-47-30-16-17-33(48-2)26(22-30)18-19-40-43-36(46)37(23-27-8-4-6-11-32(27)38)34(31-10-5-3-9-28(31)24-41-44-39)50-35(42-37)25-12-14-29(15-13-25)49-21-7-20-45/h3-6,8-17,22,34,40,45H,7,18-21,23-24H2,1-2H3,(H,43,46)/t34-,37-/m0/s1. The Hall–Kier alpha value is -5.07. The number of nitrogens with zero attached hydrogens (tertiary/aromatic N) is 4. The Labute approximate surface area is 299 Å². The second-order valence-corrected chi connectivity index (χ2v) is 12.3. The molecular formula is C37H39BrN6O6. The molecule has 4 aromatic rings. The zero-order valence-electron chi connectivity index (χ0n) is 27.8. The van der Waals surface area contributed by atoms with Crippen molar-refractivity contribution in [2.75, 3.05) is 34.0 Å². The highest BCUT2D eigenvalue weighted by atomic mass is 79.9. The van der Waals surface area contributed by atoms with Crippen molar-refractivity contribution in [2.24, 2.45) is 10.1 Å². The number of benzene rings is 4. The van der Waals surface area contributed by atoms with Crippen LogP contribution in [0.1, 0.15) is 40.3 Å². The van der Waals surface area contributed by atoms with E-state index in [1.165, 1.54) is 0 Å². The average molecular weight is 744 g/mol. The van der Waals surface area contributed by atoms with Gasteiger partial charge in [-0.2, -0.15) is 0 Å². The van der Waals surface area contributed by atoms with Gasteiger partial charge in [-0.05, 0) is 82.7 Å². The van der Waals surface area contributed by atoms with Crippen LogP contribution in [0.15, 0.2) is 106 Å². The van der Waals surface area contributed by atoms with Crippen molar-refractivity contribution in [1.29, 1.82) is 0 Å². The number of hydrogen-bond donors (Lipinski definition) is 3. The van der Waals surface area contributed by atoms with Gasteiger partial charge in [-0.15, -0.1) is 0 Å². The molecule has 0 saturated carbocycles. The Bertz CT molecular complexity index is 1850. The van der Waals surface area contributed by atoms with Crippen molar-refractivity contribution in [2.45, 2.75) is 37.5 Å². The molecule has 0 spiro atoms. The van der Waals surface area contributed by atoms with E-state index in [1.54, 1.807) is 26.4 Å². The number of azide groups is 1. The molecule has 0 radical (unpaired) electrons. The molecule has 4 aromatic carbocycles. The van der Waals surface area contributed by atoms with Crippen LogP contribution in [0.2, 0.25) is 0 Å². The highest BCUT2D eigenvalue weighted by molar-refractivity contribution is 9.10. The summed E-state index contributed by atoms with van der Waals surface area (Å²) in [7, 11) is 3.22. The van der Waals surface area contributed by atoms with Crippen molar-refractivity contribution in [3.8, 4) is 17.2 Å². The monoisotopic (exact) mass is 742 g/mol. The molecule has 12 nitrogen and oxygen atoms in total. The van der Waals surface area contributed by atoms with Gasteiger partial charge in [0.1, 0.15) is 17.2 Å². The number of amides is 1. The summed E-state index contributed by atoms with van der Waals surface area (Å²) in [4.78, 5) is 22.7. The van der Waals surface area contributed by atoms with E-state index in [0.717, 1.165) is 15.6 Å². The Morgan fingerprint density at radius 2 is 1.74 bits per heavy atom. The molecule has 5 rings (SSSR count). The third-order valence-corrected chi connectivity index (χ3v) is 9.07. The van der Waals surface area contributed by atoms with Crippen LogP contribution in [0.5, 0.6) is 17.2 Å². The van der Waals surface area contributed by atoms with Crippen LogP contribution in [0.4, 0.5) is 0 Å². The van der Waals surface area contributed by atoms with Crippen LogP contribution >= 0.6 is 15.9 Å². The Kier molecular flexibility index (Phi) is 12.7. The quantitative estimate of drug-likeness (QED) is 0.0371. The molecule has 260 valence electrons. The molecule has 0 fully saturated rings. The lowest BCUT2D eigenvalue weighted by atomic mass is 9.80. The molecule has 1 heterocycles. The predicted octanol–water partition coefficient (Wildman–Crippen LogP) is 6.40. The third kappa shape index (κ3) is 8.55. The number of ether oxygens (including phenoxy) is 4. The van der Waals surface area contributed by atoms with Gasteiger partial charge in [0.2, 0.25) is 5.90 Å². The van der Waals surface area contributed by atoms with Crippen molar-refractivity contribution in [1.82, 2.24) is 10.9 Å². The van der Waals surface area contributed by atoms with Gasteiger partial charge in [0.25, 0.3) is 5.91 Å². The van der Waals surface area contributed by atoms with Gasteiger partial charge < -0.3 is 24.1 Å². The van der Waals surface area contributed by atoms with Gasteiger partial charge in [0.15, 0.2) is 11.6 Å². The number of rotatable bonds is 17. The van der Waals surface area contributed by atoms with Crippen LogP contribution in [-0.2, 0) is 28.9 Å².